The highest BCUT2D eigenvalue weighted by Crippen LogP contribution is 2.31. The first-order valence-electron chi connectivity index (χ1n) is 10.7. The Morgan fingerprint density at radius 1 is 0.750 bits per heavy atom. The van der Waals surface area contributed by atoms with Crippen LogP contribution in [-0.2, 0) is 4.74 Å². The minimum atomic E-state index is 0.225. The summed E-state index contributed by atoms with van der Waals surface area (Å²) < 4.78 is 11.2. The van der Waals surface area contributed by atoms with Crippen molar-refractivity contribution in [3.8, 4) is 11.5 Å². The van der Waals surface area contributed by atoms with Gasteiger partial charge in [-0.2, -0.15) is 0 Å². The molecule has 1 fully saturated rings. The quantitative estimate of drug-likeness (QED) is 0.315. The fraction of sp³-hybridized carbons (Fsp3) is 0.154. The third kappa shape index (κ3) is 5.83. The molecule has 0 spiro atoms. The summed E-state index contributed by atoms with van der Waals surface area (Å²) in [5.74, 6) is 3.00. The first kappa shape index (κ1) is 21.3. The van der Waals surface area contributed by atoms with E-state index in [4.69, 9.17) is 9.47 Å². The Morgan fingerprint density at radius 3 is 2.09 bits per heavy atom. The molecule has 1 saturated heterocycles. The van der Waals surface area contributed by atoms with Gasteiger partial charge in [-0.25, -0.2) is 9.97 Å². The van der Waals surface area contributed by atoms with Crippen LogP contribution in [0.15, 0.2) is 91.3 Å². The summed E-state index contributed by atoms with van der Waals surface area (Å²) >= 11 is 0. The smallest absolute Gasteiger partial charge is 0.135 e. The highest BCUT2D eigenvalue weighted by atomic mass is 16.6. The van der Waals surface area contributed by atoms with Crippen molar-refractivity contribution in [1.82, 2.24) is 9.97 Å². The number of nitrogens with zero attached hydrogens (tertiary/aromatic N) is 2. The predicted octanol–water partition coefficient (Wildman–Crippen LogP) is 6.85. The first-order chi connectivity index (χ1) is 15.8. The number of para-hydroxylation sites is 1. The third-order valence-corrected chi connectivity index (χ3v) is 4.64. The number of hydrogen-bond acceptors (Lipinski definition) is 6. The van der Waals surface area contributed by atoms with Gasteiger partial charge in [-0.1, -0.05) is 44.2 Å². The molecule has 1 atom stereocenters. The summed E-state index contributed by atoms with van der Waals surface area (Å²) in [6.45, 7) is 4.79. The van der Waals surface area contributed by atoms with Crippen molar-refractivity contribution in [2.75, 3.05) is 17.2 Å². The first-order valence-corrected chi connectivity index (χ1v) is 10.7. The van der Waals surface area contributed by atoms with Gasteiger partial charge in [-0.15, -0.1) is 0 Å². The number of hydrogen-bond donors (Lipinski definition) is 2. The normalized spacial score (nSPS) is 14.0. The highest BCUT2D eigenvalue weighted by Gasteiger charge is 2.24. The van der Waals surface area contributed by atoms with E-state index >= 15 is 0 Å². The van der Waals surface area contributed by atoms with Gasteiger partial charge in [0.15, 0.2) is 0 Å². The zero-order valence-corrected chi connectivity index (χ0v) is 18.2. The van der Waals surface area contributed by atoms with E-state index in [9.17, 15) is 0 Å². The molecular weight excluding hydrogens is 400 g/mol. The van der Waals surface area contributed by atoms with Crippen molar-refractivity contribution < 1.29 is 9.47 Å². The van der Waals surface area contributed by atoms with Crippen LogP contribution in [0.1, 0.15) is 25.5 Å². The van der Waals surface area contributed by atoms with Crippen LogP contribution in [-0.4, -0.2) is 16.6 Å². The van der Waals surface area contributed by atoms with Crippen LogP contribution in [0.3, 0.4) is 0 Å². The molecule has 2 heterocycles. The van der Waals surface area contributed by atoms with Gasteiger partial charge in [-0.05, 0) is 54.1 Å². The van der Waals surface area contributed by atoms with Gasteiger partial charge < -0.3 is 20.1 Å². The molecule has 162 valence electrons. The Hall–Kier alpha value is -3.90. The van der Waals surface area contributed by atoms with E-state index in [1.807, 2.05) is 86.6 Å². The third-order valence-electron chi connectivity index (χ3n) is 4.64. The van der Waals surface area contributed by atoms with E-state index in [0.717, 1.165) is 29.5 Å². The van der Waals surface area contributed by atoms with Crippen LogP contribution in [0.25, 0.3) is 0 Å². The van der Waals surface area contributed by atoms with Crippen LogP contribution in [0.2, 0.25) is 0 Å². The minimum Gasteiger partial charge on any atom is -0.457 e. The summed E-state index contributed by atoms with van der Waals surface area (Å²) in [6, 6.07) is 27.5. The van der Waals surface area contributed by atoms with Crippen molar-refractivity contribution in [3.63, 3.8) is 0 Å². The molecule has 1 aliphatic rings. The molecule has 6 heteroatoms. The van der Waals surface area contributed by atoms with Crippen molar-refractivity contribution >= 4 is 23.0 Å². The van der Waals surface area contributed by atoms with Gasteiger partial charge in [0.25, 0.3) is 0 Å². The van der Waals surface area contributed by atoms with E-state index in [0.29, 0.717) is 11.6 Å². The van der Waals surface area contributed by atoms with Crippen molar-refractivity contribution in [2.45, 2.75) is 20.0 Å². The Bertz CT molecular complexity index is 1130. The van der Waals surface area contributed by atoms with Crippen LogP contribution >= 0.6 is 0 Å². The molecule has 0 saturated carbocycles. The number of rotatable bonds is 7. The maximum Gasteiger partial charge on any atom is 0.135 e. The number of aromatic nitrogens is 2. The average molecular weight is 427 g/mol. The number of epoxide rings is 1. The Balaban J connectivity index is 0.00000119. The molecule has 6 nitrogen and oxygen atoms in total. The Kier molecular flexibility index (Phi) is 6.94. The summed E-state index contributed by atoms with van der Waals surface area (Å²) in [5.41, 5.74) is 3.05. The number of anilines is 4. The van der Waals surface area contributed by atoms with E-state index in [1.54, 1.807) is 0 Å². The van der Waals surface area contributed by atoms with Crippen LogP contribution in [0.5, 0.6) is 11.5 Å². The summed E-state index contributed by atoms with van der Waals surface area (Å²) in [6.07, 6.45) is 1.76. The molecule has 3 aromatic carbocycles. The molecule has 1 unspecified atom stereocenters. The van der Waals surface area contributed by atoms with E-state index in [1.165, 1.54) is 11.9 Å². The van der Waals surface area contributed by atoms with Gasteiger partial charge >= 0.3 is 0 Å². The van der Waals surface area contributed by atoms with Crippen molar-refractivity contribution in [2.24, 2.45) is 0 Å². The number of benzene rings is 3. The maximum absolute atomic E-state index is 5.83. The van der Waals surface area contributed by atoms with E-state index in [2.05, 4.69) is 32.7 Å². The predicted molar refractivity (Wildman–Crippen MR) is 128 cm³/mol. The fourth-order valence-corrected chi connectivity index (χ4v) is 3.08. The highest BCUT2D eigenvalue weighted by molar-refractivity contribution is 5.63. The van der Waals surface area contributed by atoms with E-state index in [-0.39, 0.29) is 6.10 Å². The molecular formula is C26H26N4O2. The molecule has 2 N–H and O–H groups in total. The van der Waals surface area contributed by atoms with Gasteiger partial charge in [0.2, 0.25) is 0 Å². The minimum absolute atomic E-state index is 0.225. The zero-order chi connectivity index (χ0) is 22.2. The Labute approximate surface area is 188 Å². The number of ether oxygens (including phenoxy) is 2. The Morgan fingerprint density at radius 2 is 1.41 bits per heavy atom. The molecule has 5 rings (SSSR count). The van der Waals surface area contributed by atoms with Gasteiger partial charge in [0.1, 0.15) is 35.6 Å². The van der Waals surface area contributed by atoms with Crippen LogP contribution in [0, 0.1) is 0 Å². The molecule has 32 heavy (non-hydrogen) atoms. The van der Waals surface area contributed by atoms with Crippen molar-refractivity contribution in [3.05, 3.63) is 96.8 Å². The molecule has 1 aromatic heterocycles. The van der Waals surface area contributed by atoms with Crippen LogP contribution in [0.4, 0.5) is 23.0 Å². The topological polar surface area (TPSA) is 71.6 Å². The summed E-state index contributed by atoms with van der Waals surface area (Å²) in [4.78, 5) is 8.62. The second-order valence-electron chi connectivity index (χ2n) is 6.93. The maximum atomic E-state index is 5.83. The lowest BCUT2D eigenvalue weighted by Crippen LogP contribution is -1.99. The fourth-order valence-electron chi connectivity index (χ4n) is 3.08. The summed E-state index contributed by atoms with van der Waals surface area (Å²) in [5, 5.41) is 6.62. The zero-order valence-electron chi connectivity index (χ0n) is 18.2. The SMILES string of the molecule is CC.c1ccc(Oc2ccc(Nc3cc(Nc4cccc(C5CO5)c4)ncn3)cc2)cc1. The van der Waals surface area contributed by atoms with Crippen molar-refractivity contribution in [1.29, 1.82) is 0 Å². The molecule has 4 aromatic rings. The van der Waals surface area contributed by atoms with Gasteiger partial charge in [0, 0.05) is 17.4 Å². The van der Waals surface area contributed by atoms with Gasteiger partial charge in [-0.3, -0.25) is 0 Å². The molecule has 0 aliphatic carbocycles. The summed E-state index contributed by atoms with van der Waals surface area (Å²) in [7, 11) is 0. The monoisotopic (exact) mass is 426 g/mol. The lowest BCUT2D eigenvalue weighted by Gasteiger charge is -2.10. The lowest BCUT2D eigenvalue weighted by atomic mass is 10.1. The van der Waals surface area contributed by atoms with Crippen LogP contribution < -0.4 is 15.4 Å². The number of nitrogens with one attached hydrogen (secondary N) is 2. The lowest BCUT2D eigenvalue weighted by molar-refractivity contribution is 0.415. The van der Waals surface area contributed by atoms with Gasteiger partial charge in [0.05, 0.1) is 6.61 Å². The molecule has 0 bridgehead atoms. The molecule has 1 aliphatic heterocycles. The second-order valence-corrected chi connectivity index (χ2v) is 6.93. The van der Waals surface area contributed by atoms with E-state index < -0.39 is 0 Å². The average Bonchev–Trinajstić information content (AvgIpc) is 3.69. The molecule has 0 amide bonds. The largest absolute Gasteiger partial charge is 0.457 e. The molecule has 0 radical (unpaired) electrons. The second kappa shape index (κ2) is 10.4. The standard InChI is InChI=1S/C24H20N4O2.C2H6/c1-2-7-20(8-3-1)30-21-11-9-18(10-12-21)27-23-14-24(26-16-25-23)28-19-6-4-5-17(13-19)22-15-29-22;1-2/h1-14,16,22H,15H2,(H2,25,26,27,28);1-2H3.